The molecule has 1 rings (SSSR count). The Hall–Kier alpha value is -0.340. The second-order valence-electron chi connectivity index (χ2n) is 4.80. The fourth-order valence-electron chi connectivity index (χ4n) is 2.07. The highest BCUT2D eigenvalue weighted by molar-refractivity contribution is 9.09. The summed E-state index contributed by atoms with van der Waals surface area (Å²) in [5.41, 5.74) is 2.87. The molecule has 0 aliphatic heterocycles. The van der Waals surface area contributed by atoms with Gasteiger partial charge in [-0.3, -0.25) is 0 Å². The van der Waals surface area contributed by atoms with Gasteiger partial charge in [0, 0.05) is 19.0 Å². The van der Waals surface area contributed by atoms with Crippen molar-refractivity contribution in [3.63, 3.8) is 0 Å². The second-order valence-corrected chi connectivity index (χ2v) is 5.45. The first kappa shape index (κ1) is 14.7. The van der Waals surface area contributed by atoms with Gasteiger partial charge in [-0.05, 0) is 42.7 Å². The summed E-state index contributed by atoms with van der Waals surface area (Å²) in [5.74, 6) is 1.38. The molecule has 0 aromatic heterocycles. The number of rotatable bonds is 7. The Morgan fingerprint density at radius 3 is 2.59 bits per heavy atom. The highest BCUT2D eigenvalue weighted by Gasteiger charge is 2.17. The molecule has 17 heavy (non-hydrogen) atoms. The van der Waals surface area contributed by atoms with Crippen LogP contribution in [-0.4, -0.2) is 19.0 Å². The monoisotopic (exact) mass is 298 g/mol. The standard InChI is InChI=1S/C15H23BrO/c1-12-6-4-5-7-14(12)10-15(11-16)13(2)8-9-17-3/h4-7,13,15H,8-11H2,1-3H3. The first-order valence-corrected chi connectivity index (χ1v) is 7.40. The number of alkyl halides is 1. The van der Waals surface area contributed by atoms with E-state index in [9.17, 15) is 0 Å². The van der Waals surface area contributed by atoms with Crippen LogP contribution in [-0.2, 0) is 11.2 Å². The van der Waals surface area contributed by atoms with Crippen LogP contribution in [0.2, 0.25) is 0 Å². The lowest BCUT2D eigenvalue weighted by molar-refractivity contribution is 0.168. The molecule has 0 N–H and O–H groups in total. The summed E-state index contributed by atoms with van der Waals surface area (Å²) in [7, 11) is 1.78. The van der Waals surface area contributed by atoms with E-state index in [1.54, 1.807) is 7.11 Å². The van der Waals surface area contributed by atoms with Crippen molar-refractivity contribution in [1.82, 2.24) is 0 Å². The van der Waals surface area contributed by atoms with Crippen LogP contribution < -0.4 is 0 Å². The van der Waals surface area contributed by atoms with Gasteiger partial charge in [-0.2, -0.15) is 0 Å². The number of ether oxygens (including phenoxy) is 1. The molecule has 2 heteroatoms. The Morgan fingerprint density at radius 1 is 1.29 bits per heavy atom. The van der Waals surface area contributed by atoms with Crippen LogP contribution in [0, 0.1) is 18.8 Å². The second kappa shape index (κ2) is 7.88. The summed E-state index contributed by atoms with van der Waals surface area (Å²) >= 11 is 3.65. The third kappa shape index (κ3) is 4.81. The largest absolute Gasteiger partial charge is 0.385 e. The van der Waals surface area contributed by atoms with Crippen LogP contribution in [0.15, 0.2) is 24.3 Å². The normalized spacial score (nSPS) is 14.6. The van der Waals surface area contributed by atoms with E-state index in [0.717, 1.165) is 24.8 Å². The minimum atomic E-state index is 0.686. The van der Waals surface area contributed by atoms with Crippen molar-refractivity contribution < 1.29 is 4.74 Å². The number of methoxy groups -OCH3 is 1. The Bertz CT molecular complexity index is 324. The molecule has 0 spiro atoms. The van der Waals surface area contributed by atoms with E-state index in [1.165, 1.54) is 11.1 Å². The lowest BCUT2D eigenvalue weighted by atomic mass is 9.86. The summed E-state index contributed by atoms with van der Waals surface area (Å²) < 4.78 is 5.17. The highest BCUT2D eigenvalue weighted by Crippen LogP contribution is 2.24. The van der Waals surface area contributed by atoms with Crippen molar-refractivity contribution >= 4 is 15.9 Å². The molecule has 0 aliphatic carbocycles. The van der Waals surface area contributed by atoms with Gasteiger partial charge in [0.25, 0.3) is 0 Å². The highest BCUT2D eigenvalue weighted by atomic mass is 79.9. The van der Waals surface area contributed by atoms with Crippen molar-refractivity contribution in [2.45, 2.75) is 26.7 Å². The maximum absolute atomic E-state index is 5.17. The van der Waals surface area contributed by atoms with E-state index < -0.39 is 0 Å². The lowest BCUT2D eigenvalue weighted by Crippen LogP contribution is -2.18. The van der Waals surface area contributed by atoms with Gasteiger partial charge in [-0.15, -0.1) is 0 Å². The molecule has 0 heterocycles. The molecule has 96 valence electrons. The van der Waals surface area contributed by atoms with Crippen LogP contribution in [0.1, 0.15) is 24.5 Å². The Balaban J connectivity index is 2.60. The molecule has 0 aliphatic rings. The van der Waals surface area contributed by atoms with Gasteiger partial charge in [0.05, 0.1) is 0 Å². The number of hydrogen-bond acceptors (Lipinski definition) is 1. The van der Waals surface area contributed by atoms with Crippen molar-refractivity contribution in [2.75, 3.05) is 19.0 Å². The minimum absolute atomic E-state index is 0.686. The van der Waals surface area contributed by atoms with Crippen molar-refractivity contribution in [3.8, 4) is 0 Å². The molecule has 0 amide bonds. The van der Waals surface area contributed by atoms with E-state index >= 15 is 0 Å². The fourth-order valence-corrected chi connectivity index (χ4v) is 2.94. The van der Waals surface area contributed by atoms with Crippen molar-refractivity contribution in [3.05, 3.63) is 35.4 Å². The van der Waals surface area contributed by atoms with Crippen LogP contribution in [0.25, 0.3) is 0 Å². The van der Waals surface area contributed by atoms with Crippen LogP contribution in [0.5, 0.6) is 0 Å². The predicted octanol–water partition coefficient (Wildman–Crippen LogP) is 4.22. The average Bonchev–Trinajstić information content (AvgIpc) is 2.35. The number of halogens is 1. The van der Waals surface area contributed by atoms with E-state index in [2.05, 4.69) is 54.0 Å². The topological polar surface area (TPSA) is 9.23 Å². The third-order valence-electron chi connectivity index (χ3n) is 3.52. The first-order valence-electron chi connectivity index (χ1n) is 6.28. The molecule has 1 aromatic rings. The Kier molecular flexibility index (Phi) is 6.83. The molecular weight excluding hydrogens is 276 g/mol. The zero-order valence-corrected chi connectivity index (χ0v) is 12.7. The third-order valence-corrected chi connectivity index (χ3v) is 4.36. The van der Waals surface area contributed by atoms with E-state index in [1.807, 2.05) is 0 Å². The van der Waals surface area contributed by atoms with Gasteiger partial charge in [-0.1, -0.05) is 47.1 Å². The lowest BCUT2D eigenvalue weighted by Gasteiger charge is -2.22. The van der Waals surface area contributed by atoms with Gasteiger partial charge in [-0.25, -0.2) is 0 Å². The summed E-state index contributed by atoms with van der Waals surface area (Å²) in [6, 6.07) is 8.68. The Morgan fingerprint density at radius 2 is 2.00 bits per heavy atom. The van der Waals surface area contributed by atoms with Crippen LogP contribution >= 0.6 is 15.9 Å². The van der Waals surface area contributed by atoms with E-state index in [0.29, 0.717) is 11.8 Å². The summed E-state index contributed by atoms with van der Waals surface area (Å²) in [6.07, 6.45) is 2.29. The molecule has 1 aromatic carbocycles. The van der Waals surface area contributed by atoms with Crippen molar-refractivity contribution in [2.24, 2.45) is 11.8 Å². The summed E-state index contributed by atoms with van der Waals surface area (Å²) in [4.78, 5) is 0. The number of benzene rings is 1. The van der Waals surface area contributed by atoms with Crippen molar-refractivity contribution in [1.29, 1.82) is 0 Å². The van der Waals surface area contributed by atoms with Gasteiger partial charge < -0.3 is 4.74 Å². The minimum Gasteiger partial charge on any atom is -0.385 e. The smallest absolute Gasteiger partial charge is 0.0464 e. The fraction of sp³-hybridized carbons (Fsp3) is 0.600. The number of hydrogen-bond donors (Lipinski definition) is 0. The van der Waals surface area contributed by atoms with Crippen LogP contribution in [0.4, 0.5) is 0 Å². The van der Waals surface area contributed by atoms with E-state index in [-0.39, 0.29) is 0 Å². The SMILES string of the molecule is COCCC(C)C(CBr)Cc1ccccc1C. The summed E-state index contributed by atoms with van der Waals surface area (Å²) in [5, 5.41) is 1.06. The zero-order chi connectivity index (χ0) is 12.7. The van der Waals surface area contributed by atoms with Gasteiger partial charge in [0.15, 0.2) is 0 Å². The van der Waals surface area contributed by atoms with E-state index in [4.69, 9.17) is 4.74 Å². The predicted molar refractivity (Wildman–Crippen MR) is 77.8 cm³/mol. The molecular formula is C15H23BrO. The summed E-state index contributed by atoms with van der Waals surface area (Å²) in [6.45, 7) is 5.38. The maximum Gasteiger partial charge on any atom is 0.0464 e. The van der Waals surface area contributed by atoms with Crippen LogP contribution in [0.3, 0.4) is 0 Å². The molecule has 1 nitrogen and oxygen atoms in total. The quantitative estimate of drug-likeness (QED) is 0.685. The molecule has 0 fully saturated rings. The molecule has 2 atom stereocenters. The average molecular weight is 299 g/mol. The molecule has 0 bridgehead atoms. The molecule has 2 unspecified atom stereocenters. The van der Waals surface area contributed by atoms with Gasteiger partial charge in [0.2, 0.25) is 0 Å². The zero-order valence-electron chi connectivity index (χ0n) is 11.1. The first-order chi connectivity index (χ1) is 8.19. The maximum atomic E-state index is 5.17. The molecule has 0 radical (unpaired) electrons. The number of aryl methyl sites for hydroxylation is 1. The molecule has 0 saturated heterocycles. The molecule has 0 saturated carbocycles. The van der Waals surface area contributed by atoms with Gasteiger partial charge in [0.1, 0.15) is 0 Å². The Labute approximate surface area is 114 Å². The van der Waals surface area contributed by atoms with Gasteiger partial charge >= 0.3 is 0 Å².